The average molecular weight is 429 g/mol. The Morgan fingerprint density at radius 2 is 1.84 bits per heavy atom. The lowest BCUT2D eigenvalue weighted by molar-refractivity contribution is -0.141. The number of fused-ring (bicyclic) bond motifs is 1. The number of halogens is 3. The molecule has 2 aromatic carbocycles. The second kappa shape index (κ2) is 7.98. The van der Waals surface area contributed by atoms with Gasteiger partial charge in [0.05, 0.1) is 5.69 Å². The van der Waals surface area contributed by atoms with E-state index in [0.717, 1.165) is 12.3 Å². The highest BCUT2D eigenvalue weighted by Crippen LogP contribution is 2.31. The molecule has 0 bridgehead atoms. The molecule has 0 aliphatic rings. The molecule has 4 aromatic rings. The van der Waals surface area contributed by atoms with E-state index in [1.165, 1.54) is 0 Å². The van der Waals surface area contributed by atoms with Gasteiger partial charge in [-0.25, -0.2) is 9.78 Å². The molecule has 0 unspecified atom stereocenters. The minimum atomic E-state index is -4.70. The van der Waals surface area contributed by atoms with Gasteiger partial charge in [0, 0.05) is 12.3 Å². The van der Waals surface area contributed by atoms with Crippen LogP contribution in [0.2, 0.25) is 0 Å². The lowest BCUT2D eigenvalue weighted by Gasteiger charge is -2.18. The van der Waals surface area contributed by atoms with E-state index in [4.69, 9.17) is 9.15 Å². The number of para-hydroxylation sites is 1. The number of ether oxygens (including phenoxy) is 1. The van der Waals surface area contributed by atoms with Gasteiger partial charge in [-0.1, -0.05) is 18.2 Å². The third kappa shape index (κ3) is 4.58. The number of benzene rings is 2. The lowest BCUT2D eigenvalue weighted by atomic mass is 10.3. The summed E-state index contributed by atoms with van der Waals surface area (Å²) < 4.78 is 50.1. The van der Waals surface area contributed by atoms with E-state index in [2.05, 4.69) is 9.97 Å². The zero-order valence-corrected chi connectivity index (χ0v) is 15.7. The number of oxazole rings is 1. The van der Waals surface area contributed by atoms with Crippen LogP contribution in [0.1, 0.15) is 11.6 Å². The summed E-state index contributed by atoms with van der Waals surface area (Å²) >= 11 is 0. The van der Waals surface area contributed by atoms with Crippen LogP contribution in [0.3, 0.4) is 0 Å². The summed E-state index contributed by atoms with van der Waals surface area (Å²) in [6, 6.07) is 15.8. The molecule has 7 nitrogen and oxygen atoms in total. The Kier molecular flexibility index (Phi) is 5.20. The third-order valence-electron chi connectivity index (χ3n) is 4.25. The number of pyridine rings is 1. The quantitative estimate of drug-likeness (QED) is 0.437. The van der Waals surface area contributed by atoms with Crippen molar-refractivity contribution in [1.82, 2.24) is 9.97 Å². The molecule has 0 aliphatic heterocycles. The Morgan fingerprint density at radius 1 is 1.06 bits per heavy atom. The number of hydrogen-bond donors (Lipinski definition) is 1. The van der Waals surface area contributed by atoms with Gasteiger partial charge in [0.2, 0.25) is 5.89 Å². The van der Waals surface area contributed by atoms with Crippen LogP contribution < -0.4 is 9.64 Å². The van der Waals surface area contributed by atoms with Crippen LogP contribution in [0.4, 0.5) is 23.7 Å². The maximum Gasteiger partial charge on any atom is 0.433 e. The van der Waals surface area contributed by atoms with Crippen molar-refractivity contribution in [1.29, 1.82) is 0 Å². The minimum Gasteiger partial charge on any atom is -0.465 e. The number of rotatable bonds is 5. The van der Waals surface area contributed by atoms with Crippen LogP contribution in [0.15, 0.2) is 71.3 Å². The van der Waals surface area contributed by atoms with Crippen molar-refractivity contribution in [2.24, 2.45) is 0 Å². The zero-order chi connectivity index (χ0) is 22.0. The first-order valence-corrected chi connectivity index (χ1v) is 8.96. The number of alkyl halides is 3. The van der Waals surface area contributed by atoms with Gasteiger partial charge in [-0.05, 0) is 36.4 Å². The first-order valence-electron chi connectivity index (χ1n) is 8.96. The Labute approximate surface area is 173 Å². The summed E-state index contributed by atoms with van der Waals surface area (Å²) in [5.74, 6) is 1.12. The fourth-order valence-electron chi connectivity index (χ4n) is 2.86. The molecule has 31 heavy (non-hydrogen) atoms. The highest BCUT2D eigenvalue weighted by molar-refractivity contribution is 5.86. The molecule has 10 heteroatoms. The fraction of sp³-hybridized carbons (Fsp3) is 0.0952. The first kappa shape index (κ1) is 20.2. The molecule has 0 aliphatic carbocycles. The van der Waals surface area contributed by atoms with E-state index in [9.17, 15) is 23.1 Å². The monoisotopic (exact) mass is 429 g/mol. The molecule has 0 atom stereocenters. The number of carbonyl (C=O) groups is 1. The number of amides is 1. The third-order valence-corrected chi connectivity index (χ3v) is 4.25. The predicted octanol–water partition coefficient (Wildman–Crippen LogP) is 5.72. The molecule has 0 radical (unpaired) electrons. The van der Waals surface area contributed by atoms with Crippen molar-refractivity contribution in [3.63, 3.8) is 0 Å². The number of carboxylic acid groups (broad SMARTS) is 1. The van der Waals surface area contributed by atoms with Gasteiger partial charge in [-0.15, -0.1) is 0 Å². The molecule has 4 rings (SSSR count). The molecule has 1 N–H and O–H groups in total. The van der Waals surface area contributed by atoms with E-state index < -0.39 is 18.0 Å². The van der Waals surface area contributed by atoms with Crippen LogP contribution in [0.25, 0.3) is 11.1 Å². The van der Waals surface area contributed by atoms with Crippen LogP contribution in [-0.2, 0) is 12.7 Å². The lowest BCUT2D eigenvalue weighted by Crippen LogP contribution is -2.29. The normalized spacial score (nSPS) is 11.5. The van der Waals surface area contributed by atoms with Gasteiger partial charge in [0.1, 0.15) is 29.3 Å². The molecule has 2 aromatic heterocycles. The summed E-state index contributed by atoms with van der Waals surface area (Å²) in [4.78, 5) is 19.8. The van der Waals surface area contributed by atoms with Crippen LogP contribution in [0, 0.1) is 0 Å². The van der Waals surface area contributed by atoms with Crippen molar-refractivity contribution in [3.8, 4) is 11.5 Å². The van der Waals surface area contributed by atoms with E-state index in [-0.39, 0.29) is 18.1 Å². The van der Waals surface area contributed by atoms with E-state index in [1.54, 1.807) is 30.3 Å². The SMILES string of the molecule is O=C(O)N(Cc1nc2ccc(Oc3ccccc3)cc2o1)c1ccnc(C(F)(F)F)c1. The topological polar surface area (TPSA) is 88.7 Å². The molecule has 158 valence electrons. The largest absolute Gasteiger partial charge is 0.465 e. The summed E-state index contributed by atoms with van der Waals surface area (Å²) in [5.41, 5.74) is -0.604. The zero-order valence-electron chi connectivity index (χ0n) is 15.7. The van der Waals surface area contributed by atoms with E-state index in [0.29, 0.717) is 33.6 Å². The second-order valence-corrected chi connectivity index (χ2v) is 6.42. The standard InChI is InChI=1S/C21H14F3N3O4/c22-21(23,24)18-10-13(8-9-25-18)27(20(28)29)12-19-26-16-7-6-15(11-17(16)31-19)30-14-4-2-1-3-5-14/h1-11H,12H2,(H,28,29). The maximum atomic E-state index is 12.9. The van der Waals surface area contributed by atoms with Crippen molar-refractivity contribution >= 4 is 22.9 Å². The van der Waals surface area contributed by atoms with Crippen molar-refractivity contribution in [3.05, 3.63) is 78.4 Å². The number of anilines is 1. The molecule has 1 amide bonds. The highest BCUT2D eigenvalue weighted by Gasteiger charge is 2.33. The Hall–Kier alpha value is -4.08. The smallest absolute Gasteiger partial charge is 0.433 e. The molecule has 0 fully saturated rings. The van der Waals surface area contributed by atoms with Crippen LogP contribution in [0.5, 0.6) is 11.5 Å². The number of aromatic nitrogens is 2. The molecule has 2 heterocycles. The number of hydrogen-bond acceptors (Lipinski definition) is 5. The molecular formula is C21H14F3N3O4. The fourth-order valence-corrected chi connectivity index (χ4v) is 2.86. The van der Waals surface area contributed by atoms with Gasteiger partial charge < -0.3 is 14.3 Å². The Balaban J connectivity index is 1.59. The average Bonchev–Trinajstić information content (AvgIpc) is 3.14. The maximum absolute atomic E-state index is 12.9. The predicted molar refractivity (Wildman–Crippen MR) is 104 cm³/mol. The molecule has 0 saturated carbocycles. The van der Waals surface area contributed by atoms with Gasteiger partial charge in [-0.2, -0.15) is 13.2 Å². The van der Waals surface area contributed by atoms with Crippen molar-refractivity contribution in [2.45, 2.75) is 12.7 Å². The number of nitrogens with zero attached hydrogens (tertiary/aromatic N) is 3. The summed E-state index contributed by atoms with van der Waals surface area (Å²) in [5, 5.41) is 9.50. The first-order chi connectivity index (χ1) is 14.8. The molecule has 0 saturated heterocycles. The van der Waals surface area contributed by atoms with E-state index in [1.807, 2.05) is 18.2 Å². The van der Waals surface area contributed by atoms with Crippen LogP contribution in [-0.4, -0.2) is 21.2 Å². The highest BCUT2D eigenvalue weighted by atomic mass is 19.4. The Bertz CT molecular complexity index is 1230. The minimum absolute atomic E-state index is 0.0135. The summed E-state index contributed by atoms with van der Waals surface area (Å²) in [6.45, 7) is -0.389. The summed E-state index contributed by atoms with van der Waals surface area (Å²) in [6.07, 6.45) is -5.27. The van der Waals surface area contributed by atoms with Crippen LogP contribution >= 0.6 is 0 Å². The van der Waals surface area contributed by atoms with Gasteiger partial charge in [0.15, 0.2) is 5.58 Å². The van der Waals surface area contributed by atoms with E-state index >= 15 is 0 Å². The molecule has 0 spiro atoms. The second-order valence-electron chi connectivity index (χ2n) is 6.42. The van der Waals surface area contributed by atoms with Gasteiger partial charge in [0.25, 0.3) is 0 Å². The van der Waals surface area contributed by atoms with Gasteiger partial charge >= 0.3 is 12.3 Å². The molecular weight excluding hydrogens is 415 g/mol. The Morgan fingerprint density at radius 3 is 2.55 bits per heavy atom. The van der Waals surface area contributed by atoms with Crippen molar-refractivity contribution < 1.29 is 32.2 Å². The van der Waals surface area contributed by atoms with Crippen molar-refractivity contribution in [2.75, 3.05) is 4.90 Å². The summed E-state index contributed by atoms with van der Waals surface area (Å²) in [7, 11) is 0. The van der Waals surface area contributed by atoms with Gasteiger partial charge in [-0.3, -0.25) is 9.88 Å².